The summed E-state index contributed by atoms with van der Waals surface area (Å²) in [5, 5.41) is 3.60. The summed E-state index contributed by atoms with van der Waals surface area (Å²) >= 11 is 9.28. The Morgan fingerprint density at radius 2 is 1.89 bits per heavy atom. The van der Waals surface area contributed by atoms with E-state index in [1.807, 2.05) is 48.5 Å². The first-order chi connectivity index (χ1) is 13.1. The second-order valence-corrected chi connectivity index (χ2v) is 8.76. The van der Waals surface area contributed by atoms with E-state index in [1.54, 1.807) is 28.4 Å². The van der Waals surface area contributed by atoms with Crippen LogP contribution in [0.15, 0.2) is 58.3 Å². The number of fused-ring (bicyclic) bond motifs is 1. The lowest BCUT2D eigenvalue weighted by Crippen LogP contribution is -2.36. The van der Waals surface area contributed by atoms with Gasteiger partial charge in [-0.05, 0) is 36.4 Å². The van der Waals surface area contributed by atoms with E-state index in [4.69, 9.17) is 11.6 Å². The molecule has 1 aliphatic rings. The van der Waals surface area contributed by atoms with Crippen LogP contribution in [0.4, 0.5) is 5.69 Å². The number of halogens is 1. The first kappa shape index (κ1) is 20.1. The fraction of sp³-hybridized carbons (Fsp3) is 0.300. The molecule has 0 radical (unpaired) electrons. The summed E-state index contributed by atoms with van der Waals surface area (Å²) in [4.78, 5) is 28.6. The van der Waals surface area contributed by atoms with Crippen LogP contribution in [0.2, 0.25) is 5.02 Å². The van der Waals surface area contributed by atoms with Crippen molar-refractivity contribution in [2.24, 2.45) is 0 Å². The van der Waals surface area contributed by atoms with Crippen molar-refractivity contribution in [3.05, 3.63) is 53.6 Å². The summed E-state index contributed by atoms with van der Waals surface area (Å²) in [5.41, 5.74) is 0.957. The predicted octanol–water partition coefficient (Wildman–Crippen LogP) is 4.47. The van der Waals surface area contributed by atoms with Crippen LogP contribution in [0.5, 0.6) is 0 Å². The molecule has 0 saturated heterocycles. The number of carbonyl (C=O) groups excluding carboxylic acids is 2. The molecule has 27 heavy (non-hydrogen) atoms. The van der Waals surface area contributed by atoms with Crippen LogP contribution in [0.1, 0.15) is 12.8 Å². The Labute approximate surface area is 173 Å². The van der Waals surface area contributed by atoms with Crippen LogP contribution in [0.3, 0.4) is 0 Å². The van der Waals surface area contributed by atoms with E-state index >= 15 is 0 Å². The highest BCUT2D eigenvalue weighted by atomic mass is 35.5. The van der Waals surface area contributed by atoms with Gasteiger partial charge in [-0.2, -0.15) is 0 Å². The van der Waals surface area contributed by atoms with Gasteiger partial charge >= 0.3 is 0 Å². The lowest BCUT2D eigenvalue weighted by Gasteiger charge is -2.29. The first-order valence-corrected chi connectivity index (χ1v) is 11.2. The van der Waals surface area contributed by atoms with Gasteiger partial charge in [0.25, 0.3) is 0 Å². The second kappa shape index (κ2) is 10.1. The van der Waals surface area contributed by atoms with Gasteiger partial charge in [0.2, 0.25) is 11.8 Å². The highest BCUT2D eigenvalue weighted by Gasteiger charge is 2.22. The summed E-state index contributed by atoms with van der Waals surface area (Å²) in [6.07, 6.45) is 0.450. The van der Waals surface area contributed by atoms with E-state index in [2.05, 4.69) is 5.32 Å². The number of carbonyl (C=O) groups is 2. The number of nitrogens with one attached hydrogen (secondary N) is 1. The van der Waals surface area contributed by atoms with E-state index in [0.29, 0.717) is 18.1 Å². The van der Waals surface area contributed by atoms with E-state index < -0.39 is 0 Å². The van der Waals surface area contributed by atoms with Crippen molar-refractivity contribution in [3.63, 3.8) is 0 Å². The SMILES string of the molecule is O=C(CCC(=O)N1CCSc2ccccc21)NCCSc1ccc(Cl)cc1. The quantitative estimate of drug-likeness (QED) is 0.530. The molecule has 2 aromatic rings. The van der Waals surface area contributed by atoms with E-state index in [1.165, 1.54) is 0 Å². The van der Waals surface area contributed by atoms with Crippen LogP contribution in [0.25, 0.3) is 0 Å². The minimum atomic E-state index is -0.0836. The predicted molar refractivity (Wildman–Crippen MR) is 114 cm³/mol. The minimum Gasteiger partial charge on any atom is -0.355 e. The zero-order valence-corrected chi connectivity index (χ0v) is 17.2. The Morgan fingerprint density at radius 1 is 1.11 bits per heavy atom. The number of thioether (sulfide) groups is 2. The van der Waals surface area contributed by atoms with Gasteiger partial charge in [0.15, 0.2) is 0 Å². The molecule has 2 aromatic carbocycles. The molecule has 0 saturated carbocycles. The first-order valence-electron chi connectivity index (χ1n) is 8.81. The molecule has 0 unspecified atom stereocenters. The number of hydrogen-bond donors (Lipinski definition) is 1. The molecule has 0 fully saturated rings. The van der Waals surface area contributed by atoms with Crippen molar-refractivity contribution in [2.75, 3.05) is 29.5 Å². The van der Waals surface area contributed by atoms with Crippen LogP contribution in [0, 0.1) is 0 Å². The summed E-state index contributed by atoms with van der Waals surface area (Å²) < 4.78 is 0. The third kappa shape index (κ3) is 5.92. The molecule has 1 N–H and O–H groups in total. The molecular formula is C20H21ClN2O2S2. The van der Waals surface area contributed by atoms with Gasteiger partial charge in [-0.3, -0.25) is 9.59 Å². The van der Waals surface area contributed by atoms with Crippen molar-refractivity contribution < 1.29 is 9.59 Å². The molecule has 4 nitrogen and oxygen atoms in total. The molecule has 0 aliphatic carbocycles. The summed E-state index contributed by atoms with van der Waals surface area (Å²) in [6, 6.07) is 15.5. The van der Waals surface area contributed by atoms with Gasteiger partial charge < -0.3 is 10.2 Å². The number of anilines is 1. The topological polar surface area (TPSA) is 49.4 Å². The van der Waals surface area contributed by atoms with Crippen LogP contribution >= 0.6 is 35.1 Å². The maximum Gasteiger partial charge on any atom is 0.227 e. The van der Waals surface area contributed by atoms with Crippen LogP contribution in [-0.2, 0) is 9.59 Å². The average molecular weight is 421 g/mol. The van der Waals surface area contributed by atoms with Gasteiger partial charge in [0.1, 0.15) is 0 Å². The Kier molecular flexibility index (Phi) is 7.50. The van der Waals surface area contributed by atoms with Gasteiger partial charge in [0, 0.05) is 52.3 Å². The summed E-state index contributed by atoms with van der Waals surface area (Å²) in [6.45, 7) is 1.27. The fourth-order valence-corrected chi connectivity index (χ4v) is 4.65. The Morgan fingerprint density at radius 3 is 2.70 bits per heavy atom. The maximum absolute atomic E-state index is 12.5. The number of para-hydroxylation sites is 1. The number of benzene rings is 2. The van der Waals surface area contributed by atoms with Crippen LogP contribution < -0.4 is 10.2 Å². The van der Waals surface area contributed by atoms with Crippen molar-refractivity contribution in [1.29, 1.82) is 0 Å². The standard InChI is InChI=1S/C20H21ClN2O2S2/c21-15-5-7-16(8-6-15)26-13-11-22-19(24)9-10-20(25)23-12-14-27-18-4-2-1-3-17(18)23/h1-8H,9-14H2,(H,22,24). The maximum atomic E-state index is 12.5. The fourth-order valence-electron chi connectivity index (χ4n) is 2.76. The van der Waals surface area contributed by atoms with Gasteiger partial charge in [0.05, 0.1) is 5.69 Å². The lowest BCUT2D eigenvalue weighted by atomic mass is 10.2. The molecule has 1 aliphatic heterocycles. The Bertz CT molecular complexity index is 799. The molecule has 1 heterocycles. The zero-order chi connectivity index (χ0) is 19.1. The van der Waals surface area contributed by atoms with E-state index in [-0.39, 0.29) is 24.7 Å². The zero-order valence-electron chi connectivity index (χ0n) is 14.8. The van der Waals surface area contributed by atoms with Gasteiger partial charge in [-0.25, -0.2) is 0 Å². The lowest BCUT2D eigenvalue weighted by molar-refractivity contribution is -0.125. The highest BCUT2D eigenvalue weighted by molar-refractivity contribution is 7.99. The minimum absolute atomic E-state index is 0.00781. The summed E-state index contributed by atoms with van der Waals surface area (Å²) in [7, 11) is 0. The molecular weight excluding hydrogens is 400 g/mol. The summed E-state index contributed by atoms with van der Waals surface area (Å²) in [5.74, 6) is 1.59. The molecule has 142 valence electrons. The molecule has 2 amide bonds. The third-order valence-corrected chi connectivity index (χ3v) is 6.41. The van der Waals surface area contributed by atoms with Crippen molar-refractivity contribution in [1.82, 2.24) is 5.32 Å². The normalized spacial score (nSPS) is 13.1. The van der Waals surface area contributed by atoms with Crippen molar-refractivity contribution in [2.45, 2.75) is 22.6 Å². The number of nitrogens with zero attached hydrogens (tertiary/aromatic N) is 1. The number of rotatable bonds is 7. The highest BCUT2D eigenvalue weighted by Crippen LogP contribution is 2.34. The Balaban J connectivity index is 1.38. The Hall–Kier alpha value is -1.63. The van der Waals surface area contributed by atoms with Crippen LogP contribution in [-0.4, -0.2) is 36.4 Å². The van der Waals surface area contributed by atoms with Crippen molar-refractivity contribution >= 4 is 52.6 Å². The average Bonchev–Trinajstić information content (AvgIpc) is 2.70. The molecule has 0 atom stereocenters. The smallest absolute Gasteiger partial charge is 0.227 e. The number of amides is 2. The van der Waals surface area contributed by atoms with E-state index in [0.717, 1.165) is 27.0 Å². The largest absolute Gasteiger partial charge is 0.355 e. The monoisotopic (exact) mass is 420 g/mol. The van der Waals surface area contributed by atoms with Crippen molar-refractivity contribution in [3.8, 4) is 0 Å². The molecule has 3 rings (SSSR count). The molecule has 0 aromatic heterocycles. The van der Waals surface area contributed by atoms with E-state index in [9.17, 15) is 9.59 Å². The molecule has 7 heteroatoms. The molecule has 0 bridgehead atoms. The van der Waals surface area contributed by atoms with Gasteiger partial charge in [-0.1, -0.05) is 23.7 Å². The number of hydrogen-bond acceptors (Lipinski definition) is 4. The molecule has 0 spiro atoms. The third-order valence-electron chi connectivity index (χ3n) is 4.10. The second-order valence-electron chi connectivity index (χ2n) is 6.01. The van der Waals surface area contributed by atoms with Gasteiger partial charge in [-0.15, -0.1) is 23.5 Å².